The van der Waals surface area contributed by atoms with E-state index < -0.39 is 0 Å². The molecule has 5 rings (SSSR count). The molecule has 0 aliphatic carbocycles. The Morgan fingerprint density at radius 3 is 2.61 bits per heavy atom. The molecule has 168 valence electrons. The van der Waals surface area contributed by atoms with Crippen LogP contribution in [0.1, 0.15) is 43.1 Å². The van der Waals surface area contributed by atoms with Gasteiger partial charge in [-0.25, -0.2) is 0 Å². The third-order valence-corrected chi connectivity index (χ3v) is 5.97. The Morgan fingerprint density at radius 2 is 1.91 bits per heavy atom. The van der Waals surface area contributed by atoms with Crippen molar-refractivity contribution in [2.45, 2.75) is 38.6 Å². The molecule has 6 nitrogen and oxygen atoms in total. The molecular formula is C26H26N4O2S. The lowest BCUT2D eigenvalue weighted by Crippen LogP contribution is -2.30. The van der Waals surface area contributed by atoms with Gasteiger partial charge in [0.15, 0.2) is 5.11 Å². The molecule has 33 heavy (non-hydrogen) atoms. The normalized spacial score (nSPS) is 18.0. The van der Waals surface area contributed by atoms with Crippen molar-refractivity contribution in [1.82, 2.24) is 14.9 Å². The van der Waals surface area contributed by atoms with Crippen molar-refractivity contribution in [3.05, 3.63) is 103 Å². The predicted octanol–water partition coefficient (Wildman–Crippen LogP) is 5.49. The number of nitrogens with zero attached hydrogens (tertiary/aromatic N) is 3. The summed E-state index contributed by atoms with van der Waals surface area (Å²) in [5.41, 5.74) is 3.06. The zero-order valence-corrected chi connectivity index (χ0v) is 19.4. The van der Waals surface area contributed by atoms with Crippen molar-refractivity contribution >= 4 is 23.0 Å². The molecule has 0 amide bonds. The lowest BCUT2D eigenvalue weighted by Gasteiger charge is -2.29. The van der Waals surface area contributed by atoms with Gasteiger partial charge in [0.2, 0.25) is 0 Å². The molecule has 0 unspecified atom stereocenters. The molecule has 0 radical (unpaired) electrons. The van der Waals surface area contributed by atoms with Crippen molar-refractivity contribution in [2.24, 2.45) is 0 Å². The van der Waals surface area contributed by atoms with E-state index in [9.17, 15) is 0 Å². The zero-order chi connectivity index (χ0) is 22.8. The second-order valence-electron chi connectivity index (χ2n) is 8.30. The molecule has 0 spiro atoms. The zero-order valence-electron chi connectivity index (χ0n) is 18.6. The fourth-order valence-electron chi connectivity index (χ4n) is 4.30. The number of thiocarbonyl (C=S) groups is 1. The summed E-state index contributed by atoms with van der Waals surface area (Å²) in [5, 5.41) is 4.18. The molecule has 1 fully saturated rings. The first-order valence-corrected chi connectivity index (χ1v) is 11.5. The van der Waals surface area contributed by atoms with Crippen LogP contribution in [0.4, 0.5) is 5.69 Å². The smallest absolute Gasteiger partial charge is 0.174 e. The van der Waals surface area contributed by atoms with Gasteiger partial charge >= 0.3 is 0 Å². The number of anilines is 1. The molecular weight excluding hydrogens is 432 g/mol. The molecule has 1 N–H and O–H groups in total. The van der Waals surface area contributed by atoms with Crippen LogP contribution in [0.5, 0.6) is 5.75 Å². The first-order chi connectivity index (χ1) is 16.1. The molecule has 1 aliphatic heterocycles. The minimum absolute atomic E-state index is 0.0887. The van der Waals surface area contributed by atoms with Gasteiger partial charge in [-0.3, -0.25) is 4.98 Å². The number of ether oxygens (including phenoxy) is 1. The standard InChI is InChI=1S/C26H26N4O2S/c1-18(2)32-20-12-10-19(11-13-20)30-25(24(28-26(30)33)22-8-3-4-14-27-22)23-9-5-15-29(23)17-21-7-6-16-31-21/h3-16,18,24-25H,17H2,1-2H3,(H,28,33)/t24-,25+/m0/s1. The molecule has 0 bridgehead atoms. The van der Waals surface area contributed by atoms with Crippen LogP contribution in [0.2, 0.25) is 0 Å². The Bertz CT molecular complexity index is 1200. The topological polar surface area (TPSA) is 55.5 Å². The number of pyridine rings is 1. The van der Waals surface area contributed by atoms with Crippen LogP contribution >= 0.6 is 12.2 Å². The molecule has 1 aromatic carbocycles. The molecule has 2 atom stereocenters. The number of hydrogen-bond acceptors (Lipinski definition) is 4. The lowest BCUT2D eigenvalue weighted by molar-refractivity contribution is 0.242. The Hall–Kier alpha value is -3.58. The quantitative estimate of drug-likeness (QED) is 0.370. The van der Waals surface area contributed by atoms with Crippen LogP contribution in [-0.2, 0) is 6.54 Å². The van der Waals surface area contributed by atoms with Gasteiger partial charge < -0.3 is 23.9 Å². The SMILES string of the molecule is CC(C)Oc1ccc(N2C(=S)N[C@@H](c3ccccn3)[C@H]2c2cccn2Cc2ccco2)cc1. The first-order valence-electron chi connectivity index (χ1n) is 11.0. The van der Waals surface area contributed by atoms with Crippen LogP contribution < -0.4 is 15.0 Å². The number of rotatable bonds is 7. The van der Waals surface area contributed by atoms with Crippen molar-refractivity contribution in [1.29, 1.82) is 0 Å². The van der Waals surface area contributed by atoms with Gasteiger partial charge in [0.25, 0.3) is 0 Å². The molecule has 1 aliphatic rings. The highest BCUT2D eigenvalue weighted by Gasteiger charge is 2.42. The van der Waals surface area contributed by atoms with E-state index in [1.165, 1.54) is 0 Å². The van der Waals surface area contributed by atoms with Gasteiger partial charge in [0, 0.05) is 23.8 Å². The van der Waals surface area contributed by atoms with Gasteiger partial charge in [0.05, 0.1) is 30.6 Å². The summed E-state index contributed by atoms with van der Waals surface area (Å²) >= 11 is 5.84. The molecule has 4 heterocycles. The minimum atomic E-state index is -0.101. The highest BCUT2D eigenvalue weighted by atomic mass is 32.1. The summed E-state index contributed by atoms with van der Waals surface area (Å²) in [4.78, 5) is 6.81. The van der Waals surface area contributed by atoms with Crippen molar-refractivity contribution in [2.75, 3.05) is 4.90 Å². The van der Waals surface area contributed by atoms with Gasteiger partial charge in [-0.15, -0.1) is 0 Å². The maximum Gasteiger partial charge on any atom is 0.174 e. The summed E-state index contributed by atoms with van der Waals surface area (Å²) < 4.78 is 13.7. The van der Waals surface area contributed by atoms with Gasteiger partial charge in [-0.1, -0.05) is 6.07 Å². The molecule has 0 saturated carbocycles. The Labute approximate surface area is 198 Å². The van der Waals surface area contributed by atoms with E-state index in [4.69, 9.17) is 21.4 Å². The van der Waals surface area contributed by atoms with E-state index in [0.29, 0.717) is 11.7 Å². The average Bonchev–Trinajstić information content (AvgIpc) is 3.55. The Balaban J connectivity index is 1.55. The molecule has 1 saturated heterocycles. The summed E-state index contributed by atoms with van der Waals surface area (Å²) in [6.45, 7) is 4.69. The number of aromatic nitrogens is 2. The molecule has 3 aromatic heterocycles. The van der Waals surface area contributed by atoms with Crippen molar-refractivity contribution < 1.29 is 9.15 Å². The second-order valence-corrected chi connectivity index (χ2v) is 8.68. The van der Waals surface area contributed by atoms with Crippen LogP contribution in [0, 0.1) is 0 Å². The summed E-state index contributed by atoms with van der Waals surface area (Å²) in [7, 11) is 0. The Kier molecular flexibility index (Phi) is 5.88. The lowest BCUT2D eigenvalue weighted by atomic mass is 10.0. The minimum Gasteiger partial charge on any atom is -0.491 e. The van der Waals surface area contributed by atoms with Crippen molar-refractivity contribution in [3.63, 3.8) is 0 Å². The fraction of sp³-hybridized carbons (Fsp3) is 0.231. The fourth-order valence-corrected chi connectivity index (χ4v) is 4.65. The maximum absolute atomic E-state index is 5.84. The highest BCUT2D eigenvalue weighted by molar-refractivity contribution is 7.80. The van der Waals surface area contributed by atoms with Crippen molar-refractivity contribution in [3.8, 4) is 5.75 Å². The van der Waals surface area contributed by atoms with Crippen LogP contribution in [-0.4, -0.2) is 20.8 Å². The second kappa shape index (κ2) is 9.11. The van der Waals surface area contributed by atoms with Gasteiger partial charge in [-0.05, 0) is 86.7 Å². The van der Waals surface area contributed by atoms with Crippen LogP contribution in [0.3, 0.4) is 0 Å². The largest absolute Gasteiger partial charge is 0.491 e. The number of furan rings is 1. The van der Waals surface area contributed by atoms with E-state index >= 15 is 0 Å². The Morgan fingerprint density at radius 1 is 1.06 bits per heavy atom. The van der Waals surface area contributed by atoms with Crippen LogP contribution in [0.15, 0.2) is 89.8 Å². The summed E-state index contributed by atoms with van der Waals surface area (Å²) in [6.07, 6.45) is 5.72. The van der Waals surface area contributed by atoms with Gasteiger partial charge in [-0.2, -0.15) is 0 Å². The van der Waals surface area contributed by atoms with E-state index in [-0.39, 0.29) is 18.2 Å². The number of nitrogens with one attached hydrogen (secondary N) is 1. The summed E-state index contributed by atoms with van der Waals surface area (Å²) in [5.74, 6) is 1.74. The third kappa shape index (κ3) is 4.36. The predicted molar refractivity (Wildman–Crippen MR) is 132 cm³/mol. The third-order valence-electron chi connectivity index (χ3n) is 5.66. The monoisotopic (exact) mass is 458 g/mol. The summed E-state index contributed by atoms with van der Waals surface area (Å²) in [6, 6.07) is 22.0. The number of benzene rings is 1. The molecule has 4 aromatic rings. The molecule has 7 heteroatoms. The van der Waals surface area contributed by atoms with E-state index in [1.54, 1.807) is 6.26 Å². The maximum atomic E-state index is 5.84. The van der Waals surface area contributed by atoms with E-state index in [2.05, 4.69) is 50.2 Å². The van der Waals surface area contributed by atoms with Gasteiger partial charge in [0.1, 0.15) is 17.6 Å². The first kappa shape index (κ1) is 21.3. The average molecular weight is 459 g/mol. The number of hydrogen-bond donors (Lipinski definition) is 1. The van der Waals surface area contributed by atoms with E-state index in [0.717, 1.165) is 28.6 Å². The highest BCUT2D eigenvalue weighted by Crippen LogP contribution is 2.42. The van der Waals surface area contributed by atoms with Crippen LogP contribution in [0.25, 0.3) is 0 Å². The van der Waals surface area contributed by atoms with E-state index in [1.807, 2.05) is 62.5 Å².